The fourth-order valence-electron chi connectivity index (χ4n) is 5.28. The summed E-state index contributed by atoms with van der Waals surface area (Å²) >= 11 is 0. The summed E-state index contributed by atoms with van der Waals surface area (Å²) in [6, 6.07) is 0. The van der Waals surface area contributed by atoms with Crippen LogP contribution in [-0.2, 0) is 28.2 Å². The van der Waals surface area contributed by atoms with Crippen LogP contribution in [0.25, 0.3) is 0 Å². The second kappa shape index (κ2) is 33.4. The van der Waals surface area contributed by atoms with Gasteiger partial charge < -0.3 is 19.3 Å². The molecule has 0 aliphatic heterocycles. The van der Waals surface area contributed by atoms with Gasteiger partial charge in [0.15, 0.2) is 6.10 Å². The second-order valence-electron chi connectivity index (χ2n) is 12.6. The highest BCUT2D eigenvalue weighted by molar-refractivity contribution is 7.46. The predicted molar refractivity (Wildman–Crippen MR) is 189 cm³/mol. The molecule has 1 atom stereocenters. The zero-order valence-electron chi connectivity index (χ0n) is 29.5. The quantitative estimate of drug-likeness (QED) is 0.0228. The summed E-state index contributed by atoms with van der Waals surface area (Å²) in [4.78, 5) is 42.5. The Labute approximate surface area is 281 Å². The topological polar surface area (TPSA) is 119 Å². The monoisotopic (exact) mass is 672 g/mol. The average Bonchev–Trinajstić information content (AvgIpc) is 3.02. The van der Waals surface area contributed by atoms with Crippen LogP contribution in [-0.4, -0.2) is 41.0 Å². The van der Waals surface area contributed by atoms with Gasteiger partial charge in [0.1, 0.15) is 6.61 Å². The highest BCUT2D eigenvalue weighted by Gasteiger charge is 2.22. The maximum Gasteiger partial charge on any atom is 0.469 e. The van der Waals surface area contributed by atoms with E-state index in [0.29, 0.717) is 6.42 Å². The summed E-state index contributed by atoms with van der Waals surface area (Å²) in [5.74, 6) is -1.13. The smallest absolute Gasteiger partial charge is 0.462 e. The number of ether oxygens (including phenoxy) is 2. The van der Waals surface area contributed by atoms with E-state index in [2.05, 4.69) is 18.4 Å². The molecule has 0 aromatic rings. The van der Waals surface area contributed by atoms with E-state index in [9.17, 15) is 14.2 Å². The first-order valence-corrected chi connectivity index (χ1v) is 20.2. The number of hydrogen-bond acceptors (Lipinski definition) is 6. The second-order valence-corrected chi connectivity index (χ2v) is 13.9. The van der Waals surface area contributed by atoms with Gasteiger partial charge in [-0.15, -0.1) is 0 Å². The maximum absolute atomic E-state index is 12.2. The molecule has 0 spiro atoms. The van der Waals surface area contributed by atoms with Gasteiger partial charge in [0.25, 0.3) is 0 Å². The van der Waals surface area contributed by atoms with Crippen molar-refractivity contribution in [1.29, 1.82) is 0 Å². The average molecular weight is 673 g/mol. The van der Waals surface area contributed by atoms with Crippen molar-refractivity contribution >= 4 is 19.8 Å². The standard InChI is InChI=1S/C37H69O8P/c1-3-5-7-9-11-13-15-17-18-20-22-24-26-28-30-32-37(39)45-35(34-44-46(40,41)42)33-43-36(38)31-29-27-25-23-21-19-16-14-12-10-8-6-4-2/h26,28,30,32,35H,3-25,27,29,31,33-34H2,1-2H3,(H2,40,41,42)/b28-26+,32-30+/t35-/m1/s1. The van der Waals surface area contributed by atoms with Crippen molar-refractivity contribution in [3.8, 4) is 0 Å². The zero-order chi connectivity index (χ0) is 34.0. The molecule has 0 saturated heterocycles. The van der Waals surface area contributed by atoms with Crippen molar-refractivity contribution in [2.24, 2.45) is 0 Å². The van der Waals surface area contributed by atoms with Gasteiger partial charge in [-0.1, -0.05) is 173 Å². The molecule has 0 bridgehead atoms. The molecule has 0 aliphatic rings. The van der Waals surface area contributed by atoms with E-state index >= 15 is 0 Å². The molecule has 0 unspecified atom stereocenters. The molecular formula is C37H69O8P. The van der Waals surface area contributed by atoms with Gasteiger partial charge in [-0.25, -0.2) is 9.36 Å². The molecule has 2 N–H and O–H groups in total. The van der Waals surface area contributed by atoms with Crippen LogP contribution in [0, 0.1) is 0 Å². The van der Waals surface area contributed by atoms with Gasteiger partial charge in [0.05, 0.1) is 6.61 Å². The Balaban J connectivity index is 4.06. The summed E-state index contributed by atoms with van der Waals surface area (Å²) in [6.45, 7) is 3.58. The minimum Gasteiger partial charge on any atom is -0.462 e. The highest BCUT2D eigenvalue weighted by atomic mass is 31.2. The number of rotatable bonds is 34. The van der Waals surface area contributed by atoms with Crippen LogP contribution in [0.1, 0.15) is 181 Å². The molecule has 0 aromatic heterocycles. The third-order valence-electron chi connectivity index (χ3n) is 8.08. The molecule has 0 aliphatic carbocycles. The van der Waals surface area contributed by atoms with Crippen molar-refractivity contribution in [2.45, 2.75) is 187 Å². The number of carbonyl (C=O) groups excluding carboxylic acids is 2. The molecule has 8 nitrogen and oxygen atoms in total. The SMILES string of the molecule is CCCCCCCCCCCCC/C=C/C=C/C(=O)O[C@H](COC(=O)CCCCCCCCCCCCCCC)COP(=O)(O)O. The van der Waals surface area contributed by atoms with Crippen molar-refractivity contribution in [3.63, 3.8) is 0 Å². The Bertz CT molecular complexity index is 807. The van der Waals surface area contributed by atoms with Gasteiger partial charge in [0.2, 0.25) is 0 Å². The van der Waals surface area contributed by atoms with Crippen LogP contribution in [0.4, 0.5) is 0 Å². The van der Waals surface area contributed by atoms with Crippen molar-refractivity contribution in [3.05, 3.63) is 24.3 Å². The lowest BCUT2D eigenvalue weighted by molar-refractivity contribution is -0.157. The first-order valence-electron chi connectivity index (χ1n) is 18.7. The molecule has 0 amide bonds. The molecule has 9 heteroatoms. The number of allylic oxidation sites excluding steroid dienone is 3. The molecular weight excluding hydrogens is 603 g/mol. The van der Waals surface area contributed by atoms with Crippen LogP contribution in [0.3, 0.4) is 0 Å². The summed E-state index contributed by atoms with van der Waals surface area (Å²) in [7, 11) is -4.77. The Morgan fingerprint density at radius 2 is 1.04 bits per heavy atom. The van der Waals surface area contributed by atoms with Crippen LogP contribution in [0.2, 0.25) is 0 Å². The van der Waals surface area contributed by atoms with Crippen LogP contribution in [0.15, 0.2) is 24.3 Å². The van der Waals surface area contributed by atoms with Crippen LogP contribution in [0.5, 0.6) is 0 Å². The van der Waals surface area contributed by atoms with Crippen molar-refractivity contribution in [1.82, 2.24) is 0 Å². The Hall–Kier alpha value is -1.47. The number of hydrogen-bond donors (Lipinski definition) is 2. The fourth-order valence-corrected chi connectivity index (χ4v) is 5.64. The van der Waals surface area contributed by atoms with Crippen molar-refractivity contribution in [2.75, 3.05) is 13.2 Å². The van der Waals surface area contributed by atoms with Crippen molar-refractivity contribution < 1.29 is 37.9 Å². The molecule has 0 saturated carbocycles. The van der Waals surface area contributed by atoms with Gasteiger partial charge in [-0.2, -0.15) is 0 Å². The van der Waals surface area contributed by atoms with E-state index in [1.54, 1.807) is 12.2 Å². The lowest BCUT2D eigenvalue weighted by atomic mass is 10.0. The molecule has 0 fully saturated rings. The molecule has 0 aromatic carbocycles. The first-order chi connectivity index (χ1) is 22.3. The Morgan fingerprint density at radius 1 is 0.609 bits per heavy atom. The van der Waals surface area contributed by atoms with E-state index in [-0.39, 0.29) is 13.0 Å². The number of phosphoric ester groups is 1. The van der Waals surface area contributed by atoms with E-state index in [0.717, 1.165) is 25.7 Å². The first kappa shape index (κ1) is 44.5. The number of unbranched alkanes of at least 4 members (excludes halogenated alkanes) is 23. The third kappa shape index (κ3) is 35.4. The number of phosphoric acid groups is 1. The van der Waals surface area contributed by atoms with Gasteiger partial charge in [-0.3, -0.25) is 9.32 Å². The van der Waals surface area contributed by atoms with Gasteiger partial charge >= 0.3 is 19.8 Å². The fraction of sp³-hybridized carbons (Fsp3) is 0.838. The minimum atomic E-state index is -4.77. The van der Waals surface area contributed by atoms with E-state index in [1.807, 2.05) is 6.08 Å². The lowest BCUT2D eigenvalue weighted by Gasteiger charge is -2.17. The lowest BCUT2D eigenvalue weighted by Crippen LogP contribution is -2.29. The third-order valence-corrected chi connectivity index (χ3v) is 8.57. The van der Waals surface area contributed by atoms with Gasteiger partial charge in [0, 0.05) is 12.5 Å². The number of esters is 2. The molecule has 270 valence electrons. The zero-order valence-corrected chi connectivity index (χ0v) is 30.4. The van der Waals surface area contributed by atoms with E-state index in [4.69, 9.17) is 19.3 Å². The Morgan fingerprint density at radius 3 is 1.50 bits per heavy atom. The van der Waals surface area contributed by atoms with E-state index < -0.39 is 32.5 Å². The summed E-state index contributed by atoms with van der Waals surface area (Å²) in [5, 5.41) is 0. The number of carbonyl (C=O) groups is 2. The van der Waals surface area contributed by atoms with Crippen LogP contribution >= 0.6 is 7.82 Å². The highest BCUT2D eigenvalue weighted by Crippen LogP contribution is 2.35. The minimum absolute atomic E-state index is 0.252. The summed E-state index contributed by atoms with van der Waals surface area (Å²) in [6.07, 6.45) is 36.7. The Kier molecular flexibility index (Phi) is 32.4. The summed E-state index contributed by atoms with van der Waals surface area (Å²) in [5.41, 5.74) is 0. The largest absolute Gasteiger partial charge is 0.469 e. The summed E-state index contributed by atoms with van der Waals surface area (Å²) < 4.78 is 26.1. The molecule has 0 rings (SSSR count). The maximum atomic E-state index is 12.2. The van der Waals surface area contributed by atoms with Crippen LogP contribution < -0.4 is 0 Å². The molecule has 0 heterocycles. The van der Waals surface area contributed by atoms with Gasteiger partial charge in [-0.05, 0) is 19.3 Å². The predicted octanol–water partition coefficient (Wildman–Crippen LogP) is 10.8. The normalized spacial score (nSPS) is 12.7. The molecule has 46 heavy (non-hydrogen) atoms. The molecule has 0 radical (unpaired) electrons. The van der Waals surface area contributed by atoms with E-state index in [1.165, 1.54) is 134 Å².